The molecule has 2 aliphatic rings. The quantitative estimate of drug-likeness (QED) is 0.775. The molecule has 0 bridgehead atoms. The van der Waals surface area contributed by atoms with E-state index in [1.54, 1.807) is 14.2 Å². The van der Waals surface area contributed by atoms with Crippen molar-refractivity contribution < 1.29 is 14.3 Å². The van der Waals surface area contributed by atoms with Crippen LogP contribution >= 0.6 is 11.6 Å². The van der Waals surface area contributed by atoms with Gasteiger partial charge in [0, 0.05) is 44.2 Å². The summed E-state index contributed by atoms with van der Waals surface area (Å²) < 4.78 is 10.8. The van der Waals surface area contributed by atoms with Gasteiger partial charge in [-0.05, 0) is 37.8 Å². The zero-order valence-electron chi connectivity index (χ0n) is 15.1. The molecule has 3 rings (SSSR count). The number of ether oxygens (including phenoxy) is 2. The first-order chi connectivity index (χ1) is 12.1. The summed E-state index contributed by atoms with van der Waals surface area (Å²) in [6, 6.07) is 3.72. The fraction of sp³-hybridized carbons (Fsp3) is 0.632. The van der Waals surface area contributed by atoms with Gasteiger partial charge in [0.25, 0.3) is 0 Å². The standard InChI is InChI=1S/C19H27ClN2O3/c1-24-15-9-17(20)16(18(10-15)25-2)13-21-7-3-5-14(11-21)12-22-8-4-6-19(22)23/h9-10,14H,3-8,11-13H2,1-2H3/t14-/m0/s1. The lowest BCUT2D eigenvalue weighted by molar-refractivity contribution is -0.128. The predicted molar refractivity (Wildman–Crippen MR) is 98.4 cm³/mol. The molecule has 138 valence electrons. The Hall–Kier alpha value is -1.46. The molecule has 6 heteroatoms. The average Bonchev–Trinajstić information content (AvgIpc) is 3.01. The molecule has 0 aromatic heterocycles. The number of rotatable bonds is 6. The Kier molecular flexibility index (Phi) is 6.07. The van der Waals surface area contributed by atoms with Crippen molar-refractivity contribution in [3.8, 4) is 11.5 Å². The maximum Gasteiger partial charge on any atom is 0.222 e. The van der Waals surface area contributed by atoms with Gasteiger partial charge in [-0.1, -0.05) is 11.6 Å². The van der Waals surface area contributed by atoms with E-state index < -0.39 is 0 Å². The number of nitrogens with zero attached hydrogens (tertiary/aromatic N) is 2. The van der Waals surface area contributed by atoms with Crippen LogP contribution in [0.4, 0.5) is 0 Å². The molecular weight excluding hydrogens is 340 g/mol. The number of methoxy groups -OCH3 is 2. The Balaban J connectivity index is 1.65. The molecule has 2 fully saturated rings. The molecule has 1 aromatic rings. The zero-order valence-corrected chi connectivity index (χ0v) is 15.8. The van der Waals surface area contributed by atoms with Crippen molar-refractivity contribution in [3.05, 3.63) is 22.7 Å². The molecule has 2 saturated heterocycles. The van der Waals surface area contributed by atoms with Crippen molar-refractivity contribution >= 4 is 17.5 Å². The van der Waals surface area contributed by atoms with E-state index in [1.807, 2.05) is 17.0 Å². The van der Waals surface area contributed by atoms with Gasteiger partial charge in [0.2, 0.25) is 5.91 Å². The number of halogens is 1. The maximum absolute atomic E-state index is 11.9. The lowest BCUT2D eigenvalue weighted by Gasteiger charge is -2.35. The number of carbonyl (C=O) groups is 1. The first-order valence-corrected chi connectivity index (χ1v) is 9.39. The molecule has 0 unspecified atom stereocenters. The van der Waals surface area contributed by atoms with Gasteiger partial charge in [0.15, 0.2) is 0 Å². The summed E-state index contributed by atoms with van der Waals surface area (Å²) in [6.07, 6.45) is 4.07. The molecule has 1 amide bonds. The normalized spacial score (nSPS) is 21.6. The monoisotopic (exact) mass is 366 g/mol. The summed E-state index contributed by atoms with van der Waals surface area (Å²) in [4.78, 5) is 16.3. The van der Waals surface area contributed by atoms with E-state index in [2.05, 4.69) is 4.90 Å². The minimum atomic E-state index is 0.317. The van der Waals surface area contributed by atoms with Gasteiger partial charge in [-0.15, -0.1) is 0 Å². The second kappa shape index (κ2) is 8.28. The topological polar surface area (TPSA) is 42.0 Å². The van der Waals surface area contributed by atoms with E-state index >= 15 is 0 Å². The molecule has 5 nitrogen and oxygen atoms in total. The van der Waals surface area contributed by atoms with Crippen LogP contribution in [0, 0.1) is 5.92 Å². The summed E-state index contributed by atoms with van der Waals surface area (Å²) in [7, 11) is 3.28. The molecule has 2 aliphatic heterocycles. The van der Waals surface area contributed by atoms with Gasteiger partial charge in [0.1, 0.15) is 11.5 Å². The maximum atomic E-state index is 11.9. The van der Waals surface area contributed by atoms with Crippen molar-refractivity contribution in [3.63, 3.8) is 0 Å². The SMILES string of the molecule is COc1cc(Cl)c(CN2CCC[C@H](CN3CCCC3=O)C2)c(OC)c1. The van der Waals surface area contributed by atoms with E-state index in [0.717, 1.165) is 63.3 Å². The minimum Gasteiger partial charge on any atom is -0.497 e. The van der Waals surface area contributed by atoms with Crippen molar-refractivity contribution in [2.24, 2.45) is 5.92 Å². The van der Waals surface area contributed by atoms with E-state index in [1.165, 1.54) is 6.42 Å². The Morgan fingerprint density at radius 1 is 1.20 bits per heavy atom. The second-order valence-electron chi connectivity index (χ2n) is 6.98. The molecule has 2 heterocycles. The molecule has 0 saturated carbocycles. The Bertz CT molecular complexity index is 623. The average molecular weight is 367 g/mol. The number of piperidine rings is 1. The van der Waals surface area contributed by atoms with E-state index in [-0.39, 0.29) is 0 Å². The molecule has 1 aromatic carbocycles. The summed E-state index contributed by atoms with van der Waals surface area (Å²) in [6.45, 7) is 4.62. The largest absolute Gasteiger partial charge is 0.497 e. The summed E-state index contributed by atoms with van der Waals surface area (Å²) in [5.41, 5.74) is 1.00. The lowest BCUT2D eigenvalue weighted by atomic mass is 9.97. The minimum absolute atomic E-state index is 0.317. The van der Waals surface area contributed by atoms with Gasteiger partial charge in [-0.25, -0.2) is 0 Å². The molecular formula is C19H27ClN2O3. The second-order valence-corrected chi connectivity index (χ2v) is 7.38. The smallest absolute Gasteiger partial charge is 0.222 e. The molecule has 25 heavy (non-hydrogen) atoms. The number of hydrogen-bond donors (Lipinski definition) is 0. The third kappa shape index (κ3) is 4.39. The van der Waals surface area contributed by atoms with Crippen LogP contribution in [0.25, 0.3) is 0 Å². The first kappa shape index (κ1) is 18.3. The van der Waals surface area contributed by atoms with E-state index in [4.69, 9.17) is 21.1 Å². The van der Waals surface area contributed by atoms with Crippen LogP contribution < -0.4 is 9.47 Å². The number of likely N-dealkylation sites (tertiary alicyclic amines) is 2. The number of carbonyl (C=O) groups excluding carboxylic acids is 1. The third-order valence-corrected chi connectivity index (χ3v) is 5.56. The lowest BCUT2D eigenvalue weighted by Crippen LogP contribution is -2.41. The van der Waals surface area contributed by atoms with Crippen molar-refractivity contribution in [1.29, 1.82) is 0 Å². The third-order valence-electron chi connectivity index (χ3n) is 5.22. The zero-order chi connectivity index (χ0) is 17.8. The molecule has 0 N–H and O–H groups in total. The van der Waals surface area contributed by atoms with Crippen LogP contribution in [0.15, 0.2) is 12.1 Å². The fourth-order valence-corrected chi connectivity index (χ4v) is 4.18. The highest BCUT2D eigenvalue weighted by molar-refractivity contribution is 6.31. The van der Waals surface area contributed by atoms with Gasteiger partial charge < -0.3 is 14.4 Å². The summed E-state index contributed by atoms with van der Waals surface area (Å²) in [5, 5.41) is 0.674. The van der Waals surface area contributed by atoms with Gasteiger partial charge in [-0.3, -0.25) is 9.69 Å². The van der Waals surface area contributed by atoms with Crippen LogP contribution in [0.1, 0.15) is 31.2 Å². The Morgan fingerprint density at radius 3 is 2.72 bits per heavy atom. The van der Waals surface area contributed by atoms with Crippen LogP contribution in [0.5, 0.6) is 11.5 Å². The Morgan fingerprint density at radius 2 is 2.04 bits per heavy atom. The highest BCUT2D eigenvalue weighted by Gasteiger charge is 2.27. The Labute approximate surface area is 154 Å². The highest BCUT2D eigenvalue weighted by atomic mass is 35.5. The van der Waals surface area contributed by atoms with Gasteiger partial charge in [-0.2, -0.15) is 0 Å². The van der Waals surface area contributed by atoms with Gasteiger partial charge >= 0.3 is 0 Å². The summed E-state index contributed by atoms with van der Waals surface area (Å²) in [5.74, 6) is 2.33. The van der Waals surface area contributed by atoms with Crippen LogP contribution in [-0.4, -0.2) is 56.1 Å². The summed E-state index contributed by atoms with van der Waals surface area (Å²) >= 11 is 6.46. The van der Waals surface area contributed by atoms with Crippen molar-refractivity contribution in [1.82, 2.24) is 9.80 Å². The van der Waals surface area contributed by atoms with Crippen LogP contribution in [0.2, 0.25) is 5.02 Å². The molecule has 0 aliphatic carbocycles. The van der Waals surface area contributed by atoms with Crippen molar-refractivity contribution in [2.75, 3.05) is 40.4 Å². The van der Waals surface area contributed by atoms with Crippen LogP contribution in [-0.2, 0) is 11.3 Å². The molecule has 0 spiro atoms. The highest BCUT2D eigenvalue weighted by Crippen LogP contribution is 2.34. The predicted octanol–water partition coefficient (Wildman–Crippen LogP) is 3.19. The van der Waals surface area contributed by atoms with E-state index in [0.29, 0.717) is 22.6 Å². The molecule has 1 atom stereocenters. The fourth-order valence-electron chi connectivity index (χ4n) is 3.92. The first-order valence-electron chi connectivity index (χ1n) is 9.01. The van der Waals surface area contributed by atoms with Crippen molar-refractivity contribution in [2.45, 2.75) is 32.2 Å². The van der Waals surface area contributed by atoms with Gasteiger partial charge in [0.05, 0.1) is 19.2 Å². The number of benzene rings is 1. The number of amides is 1. The van der Waals surface area contributed by atoms with E-state index in [9.17, 15) is 4.79 Å². The van der Waals surface area contributed by atoms with Crippen LogP contribution in [0.3, 0.4) is 0 Å². The molecule has 0 radical (unpaired) electrons. The number of hydrogen-bond acceptors (Lipinski definition) is 4.